The lowest BCUT2D eigenvalue weighted by Gasteiger charge is -2.09. The van der Waals surface area contributed by atoms with Crippen LogP contribution in [0.15, 0.2) is 62.7 Å². The van der Waals surface area contributed by atoms with Gasteiger partial charge in [0.05, 0.1) is 12.6 Å². The molecule has 2 aromatic rings. The van der Waals surface area contributed by atoms with E-state index in [-0.39, 0.29) is 23.3 Å². The second kappa shape index (κ2) is 5.27. The zero-order chi connectivity index (χ0) is 13.2. The van der Waals surface area contributed by atoms with Crippen molar-refractivity contribution in [1.82, 2.24) is 0 Å². The molecule has 1 heterocycles. The standard InChI is InChI=1S/C16H17NOS/c1-2-12(11-18)17-19-15-9-5-3-7-13(15)14-8-4-6-10-16(14)19/h3-10,12,18H,2,11H2,1H3/t12-/m0/s1. The molecule has 0 saturated carbocycles. The van der Waals surface area contributed by atoms with E-state index in [9.17, 15) is 5.11 Å². The van der Waals surface area contributed by atoms with Crippen LogP contribution in [-0.2, 0) is 10.7 Å². The van der Waals surface area contributed by atoms with Gasteiger partial charge in [-0.25, -0.2) is 4.36 Å². The average molecular weight is 271 g/mol. The monoisotopic (exact) mass is 271 g/mol. The molecule has 3 rings (SSSR count). The van der Waals surface area contributed by atoms with E-state index in [4.69, 9.17) is 4.36 Å². The van der Waals surface area contributed by atoms with E-state index in [2.05, 4.69) is 55.5 Å². The first-order valence-electron chi connectivity index (χ1n) is 6.59. The van der Waals surface area contributed by atoms with E-state index in [1.165, 1.54) is 20.9 Å². The Labute approximate surface area is 116 Å². The molecule has 0 amide bonds. The minimum atomic E-state index is -0.242. The van der Waals surface area contributed by atoms with Gasteiger partial charge in [0.1, 0.15) is 0 Å². The van der Waals surface area contributed by atoms with Crippen molar-refractivity contribution in [2.45, 2.75) is 29.2 Å². The third kappa shape index (κ3) is 2.13. The van der Waals surface area contributed by atoms with Gasteiger partial charge in [0.25, 0.3) is 0 Å². The summed E-state index contributed by atoms with van der Waals surface area (Å²) >= 11 is 0. The number of benzene rings is 2. The van der Waals surface area contributed by atoms with Crippen LogP contribution in [0, 0.1) is 0 Å². The van der Waals surface area contributed by atoms with E-state index >= 15 is 0 Å². The quantitative estimate of drug-likeness (QED) is 0.774. The van der Waals surface area contributed by atoms with Gasteiger partial charge in [0.2, 0.25) is 0 Å². The Morgan fingerprint density at radius 2 is 1.53 bits per heavy atom. The van der Waals surface area contributed by atoms with Crippen LogP contribution in [0.1, 0.15) is 13.3 Å². The Balaban J connectivity index is 2.20. The topological polar surface area (TPSA) is 32.6 Å². The summed E-state index contributed by atoms with van der Waals surface area (Å²) < 4.78 is 4.87. The highest BCUT2D eigenvalue weighted by Crippen LogP contribution is 2.41. The third-order valence-corrected chi connectivity index (χ3v) is 5.47. The molecule has 1 atom stereocenters. The fraction of sp³-hybridized carbons (Fsp3) is 0.250. The fourth-order valence-electron chi connectivity index (χ4n) is 2.33. The van der Waals surface area contributed by atoms with Crippen molar-refractivity contribution in [3.05, 3.63) is 48.5 Å². The summed E-state index contributed by atoms with van der Waals surface area (Å²) in [7, 11) is -0.242. The molecule has 98 valence electrons. The maximum atomic E-state index is 9.39. The molecular weight excluding hydrogens is 254 g/mol. The second-order valence-electron chi connectivity index (χ2n) is 4.63. The fourth-order valence-corrected chi connectivity index (χ4v) is 4.50. The zero-order valence-electron chi connectivity index (χ0n) is 10.9. The van der Waals surface area contributed by atoms with Crippen LogP contribution in [-0.4, -0.2) is 17.8 Å². The van der Waals surface area contributed by atoms with Gasteiger partial charge in [0, 0.05) is 9.79 Å². The van der Waals surface area contributed by atoms with E-state index < -0.39 is 0 Å². The summed E-state index contributed by atoms with van der Waals surface area (Å²) in [5.41, 5.74) is 2.58. The number of hydrogen-bond donors (Lipinski definition) is 1. The molecule has 1 N–H and O–H groups in total. The molecule has 1 aliphatic heterocycles. The molecule has 0 aliphatic carbocycles. The van der Waals surface area contributed by atoms with Gasteiger partial charge in [0.15, 0.2) is 0 Å². The summed E-state index contributed by atoms with van der Waals surface area (Å²) in [4.78, 5) is 2.58. The number of aliphatic hydroxyl groups is 1. The lowest BCUT2D eigenvalue weighted by atomic mass is 10.1. The highest BCUT2D eigenvalue weighted by Gasteiger charge is 2.23. The molecule has 0 spiro atoms. The van der Waals surface area contributed by atoms with Gasteiger partial charge in [-0.05, 0) is 40.4 Å². The normalized spacial score (nSPS) is 14.8. The predicted molar refractivity (Wildman–Crippen MR) is 79.4 cm³/mol. The van der Waals surface area contributed by atoms with Crippen LogP contribution in [0.2, 0.25) is 0 Å². The molecule has 0 aromatic heterocycles. The summed E-state index contributed by atoms with van der Waals surface area (Å²) in [6.45, 7) is 2.20. The average Bonchev–Trinajstić information content (AvgIpc) is 2.79. The van der Waals surface area contributed by atoms with Crippen molar-refractivity contribution in [2.75, 3.05) is 6.61 Å². The van der Waals surface area contributed by atoms with E-state index in [0.29, 0.717) is 0 Å². The summed E-state index contributed by atoms with van der Waals surface area (Å²) in [6, 6.07) is 17.0. The van der Waals surface area contributed by atoms with Gasteiger partial charge >= 0.3 is 0 Å². The number of hydrogen-bond acceptors (Lipinski definition) is 2. The van der Waals surface area contributed by atoms with Crippen molar-refractivity contribution >= 4 is 10.7 Å². The minimum Gasteiger partial charge on any atom is -0.394 e. The molecular formula is C16H17NOS. The molecule has 19 heavy (non-hydrogen) atoms. The van der Waals surface area contributed by atoms with Gasteiger partial charge in [-0.3, -0.25) is 0 Å². The first-order valence-corrected chi connectivity index (χ1v) is 7.78. The number of fused-ring (bicyclic) bond motifs is 3. The second-order valence-corrected chi connectivity index (χ2v) is 6.29. The Bertz CT molecular complexity index is 585. The lowest BCUT2D eigenvalue weighted by Crippen LogP contribution is -2.09. The maximum absolute atomic E-state index is 9.39. The molecule has 0 radical (unpaired) electrons. The smallest absolute Gasteiger partial charge is 0.0804 e. The number of aliphatic hydroxyl groups excluding tert-OH is 1. The third-order valence-electron chi connectivity index (χ3n) is 3.42. The molecule has 1 aliphatic rings. The Kier molecular flexibility index (Phi) is 3.49. The summed E-state index contributed by atoms with van der Waals surface area (Å²) in [5, 5.41) is 9.39. The number of rotatable bonds is 3. The van der Waals surface area contributed by atoms with Crippen molar-refractivity contribution in [3.63, 3.8) is 0 Å². The van der Waals surface area contributed by atoms with Gasteiger partial charge in [-0.2, -0.15) is 0 Å². The first-order chi connectivity index (χ1) is 9.35. The van der Waals surface area contributed by atoms with Crippen LogP contribution in [0.5, 0.6) is 0 Å². The molecule has 2 aromatic carbocycles. The van der Waals surface area contributed by atoms with E-state index in [1.807, 2.05) is 0 Å². The van der Waals surface area contributed by atoms with Crippen molar-refractivity contribution in [2.24, 2.45) is 4.36 Å². The van der Waals surface area contributed by atoms with Crippen LogP contribution in [0.4, 0.5) is 0 Å². The highest BCUT2D eigenvalue weighted by molar-refractivity contribution is 7.88. The molecule has 2 nitrogen and oxygen atoms in total. The zero-order valence-corrected chi connectivity index (χ0v) is 11.7. The molecule has 3 heteroatoms. The van der Waals surface area contributed by atoms with Gasteiger partial charge < -0.3 is 5.11 Å². The molecule has 0 fully saturated rings. The van der Waals surface area contributed by atoms with Gasteiger partial charge in [-0.1, -0.05) is 43.3 Å². The summed E-state index contributed by atoms with van der Waals surface area (Å²) in [5.74, 6) is 0. The lowest BCUT2D eigenvalue weighted by molar-refractivity contribution is 0.265. The first kappa shape index (κ1) is 12.6. The SMILES string of the molecule is CC[C@@H](CO)N=S1c2ccccc2-c2ccccc21. The highest BCUT2D eigenvalue weighted by atomic mass is 32.2. The molecule has 0 bridgehead atoms. The molecule has 0 unspecified atom stereocenters. The molecule has 0 saturated heterocycles. The Morgan fingerprint density at radius 3 is 2.00 bits per heavy atom. The van der Waals surface area contributed by atoms with Crippen molar-refractivity contribution in [1.29, 1.82) is 0 Å². The van der Waals surface area contributed by atoms with Crippen molar-refractivity contribution in [3.8, 4) is 11.1 Å². The van der Waals surface area contributed by atoms with E-state index in [1.54, 1.807) is 0 Å². The van der Waals surface area contributed by atoms with Crippen LogP contribution >= 0.6 is 0 Å². The van der Waals surface area contributed by atoms with Crippen molar-refractivity contribution < 1.29 is 5.11 Å². The largest absolute Gasteiger partial charge is 0.394 e. The van der Waals surface area contributed by atoms with Gasteiger partial charge in [-0.15, -0.1) is 0 Å². The Hall–Kier alpha value is -1.45. The maximum Gasteiger partial charge on any atom is 0.0804 e. The minimum absolute atomic E-state index is 0.0301. The van der Waals surface area contributed by atoms with E-state index in [0.717, 1.165) is 6.42 Å². The number of nitrogens with zero attached hydrogens (tertiary/aromatic N) is 1. The Morgan fingerprint density at radius 1 is 1.00 bits per heavy atom. The summed E-state index contributed by atoms with van der Waals surface area (Å²) in [6.07, 6.45) is 0.879. The van der Waals surface area contributed by atoms with Crippen LogP contribution in [0.3, 0.4) is 0 Å². The predicted octanol–water partition coefficient (Wildman–Crippen LogP) is 3.66. The van der Waals surface area contributed by atoms with Crippen LogP contribution < -0.4 is 0 Å². The van der Waals surface area contributed by atoms with Crippen LogP contribution in [0.25, 0.3) is 11.1 Å².